The number of oxazole rings is 2. The summed E-state index contributed by atoms with van der Waals surface area (Å²) in [4.78, 5) is 9.32. The van der Waals surface area contributed by atoms with Gasteiger partial charge < -0.3 is 36.9 Å². The monoisotopic (exact) mass is 610 g/mol. The lowest BCUT2D eigenvalue weighted by Gasteiger charge is -2.32. The van der Waals surface area contributed by atoms with Gasteiger partial charge in [0.25, 0.3) is 6.29 Å². The normalized spacial score (nSPS) is 20.0. The number of hydrogen-bond donors (Lipinski definition) is 0. The van der Waals surface area contributed by atoms with Crippen LogP contribution in [0.15, 0.2) is 75.6 Å². The molecule has 0 saturated carbocycles. The van der Waals surface area contributed by atoms with Crippen molar-refractivity contribution >= 4 is 48.0 Å². The molecule has 0 radical (unpaired) electrons. The summed E-state index contributed by atoms with van der Waals surface area (Å²) in [5, 5.41) is 0. The van der Waals surface area contributed by atoms with E-state index in [4.69, 9.17) is 36.9 Å². The molecule has 2 aliphatic rings. The van der Waals surface area contributed by atoms with Crippen LogP contribution in [-0.4, -0.2) is 46.6 Å². The lowest BCUT2D eigenvalue weighted by Crippen LogP contribution is -2.41. The molecule has 0 unspecified atom stereocenters. The van der Waals surface area contributed by atoms with Gasteiger partial charge in [-0.15, -0.1) is 0 Å². The predicted molar refractivity (Wildman–Crippen MR) is 170 cm³/mol. The Morgan fingerprint density at radius 3 is 1.36 bits per heavy atom. The van der Waals surface area contributed by atoms with Gasteiger partial charge in [-0.05, 0) is 79.7 Å². The average molecular weight is 610 g/mol. The van der Waals surface area contributed by atoms with Crippen molar-refractivity contribution in [2.45, 2.75) is 84.1 Å². The standard InChI is InChI=1S/C33H36B2N2O8/c1-30(2)31(3,4)43-34(42-30)28-36-23-18-21(14-16-25(23)40-28)38-27(20-12-10-9-11-13-20)39-22-15-17-26-24(19-22)37-29(41-26)35-44-32(5,6)33(7,8)45-35/h9-19,27H,1-8H3. The molecular formula is C33H36B2N2O8. The molecule has 232 valence electrons. The summed E-state index contributed by atoms with van der Waals surface area (Å²) in [6.07, 6.45) is -0.773. The topological polar surface area (TPSA) is 107 Å². The Kier molecular flexibility index (Phi) is 6.87. The molecule has 12 heteroatoms. The Hall–Kier alpha value is -3.83. The SMILES string of the molecule is CC1(C)OB(c2nc3cc(OC(Oc4ccc5oc(B6OC(C)(C)C(C)(C)O6)nc5c4)c4ccccc4)ccc3o2)OC1(C)C. The maximum absolute atomic E-state index is 6.41. The Labute approximate surface area is 262 Å². The molecule has 0 bridgehead atoms. The van der Waals surface area contributed by atoms with Crippen molar-refractivity contribution in [3.63, 3.8) is 0 Å². The van der Waals surface area contributed by atoms with Gasteiger partial charge in [0, 0.05) is 17.7 Å². The van der Waals surface area contributed by atoms with Crippen LogP contribution >= 0.6 is 0 Å². The number of fused-ring (bicyclic) bond motifs is 2. The summed E-state index contributed by atoms with van der Waals surface area (Å²) in [6.45, 7) is 15.9. The van der Waals surface area contributed by atoms with Gasteiger partial charge >= 0.3 is 14.2 Å². The molecule has 0 atom stereocenters. The van der Waals surface area contributed by atoms with Crippen molar-refractivity contribution in [1.82, 2.24) is 9.97 Å². The van der Waals surface area contributed by atoms with Gasteiger partial charge in [-0.25, -0.2) is 9.97 Å². The number of nitrogens with zero attached hydrogens (tertiary/aromatic N) is 2. The quantitative estimate of drug-likeness (QED) is 0.168. The number of aromatic nitrogens is 2. The molecule has 2 aromatic heterocycles. The van der Waals surface area contributed by atoms with Gasteiger partial charge in [0.05, 0.1) is 22.4 Å². The van der Waals surface area contributed by atoms with E-state index in [-0.39, 0.29) is 0 Å². The van der Waals surface area contributed by atoms with E-state index in [0.29, 0.717) is 45.3 Å². The highest BCUT2D eigenvalue weighted by atomic mass is 16.7. The molecule has 3 aromatic carbocycles. The largest absolute Gasteiger partial charge is 0.554 e. The molecule has 2 aliphatic heterocycles. The van der Waals surface area contributed by atoms with Crippen molar-refractivity contribution in [2.24, 2.45) is 0 Å². The second-order valence-electron chi connectivity index (χ2n) is 13.5. The van der Waals surface area contributed by atoms with Crippen LogP contribution in [0.2, 0.25) is 0 Å². The summed E-state index contributed by atoms with van der Waals surface area (Å²) >= 11 is 0. The van der Waals surface area contributed by atoms with E-state index in [2.05, 4.69) is 9.97 Å². The van der Waals surface area contributed by atoms with Crippen molar-refractivity contribution in [1.29, 1.82) is 0 Å². The lowest BCUT2D eigenvalue weighted by atomic mass is 9.90. The number of ether oxygens (including phenoxy) is 2. The number of rotatable bonds is 7. The van der Waals surface area contributed by atoms with E-state index < -0.39 is 42.9 Å². The van der Waals surface area contributed by atoms with Gasteiger partial charge in [-0.2, -0.15) is 0 Å². The molecule has 0 N–H and O–H groups in total. The molecule has 4 heterocycles. The van der Waals surface area contributed by atoms with E-state index in [1.165, 1.54) is 0 Å². The van der Waals surface area contributed by atoms with Gasteiger partial charge in [0.2, 0.25) is 11.6 Å². The second-order valence-corrected chi connectivity index (χ2v) is 13.5. The summed E-state index contributed by atoms with van der Waals surface area (Å²) < 4.78 is 49.3. The summed E-state index contributed by atoms with van der Waals surface area (Å²) in [5.41, 5.74) is 1.23. The summed E-state index contributed by atoms with van der Waals surface area (Å²) in [7, 11) is -1.41. The first-order valence-electron chi connectivity index (χ1n) is 15.1. The first-order valence-corrected chi connectivity index (χ1v) is 15.1. The molecule has 0 amide bonds. The highest BCUT2D eigenvalue weighted by Gasteiger charge is 2.55. The van der Waals surface area contributed by atoms with Crippen LogP contribution in [0.1, 0.15) is 67.2 Å². The van der Waals surface area contributed by atoms with Crippen molar-refractivity contribution in [3.05, 3.63) is 72.3 Å². The lowest BCUT2D eigenvalue weighted by molar-refractivity contribution is 0.00400. The van der Waals surface area contributed by atoms with Gasteiger partial charge in [0.1, 0.15) is 22.5 Å². The van der Waals surface area contributed by atoms with E-state index in [1.807, 2.05) is 122 Å². The highest BCUT2D eigenvalue weighted by molar-refractivity contribution is 6.60. The first-order chi connectivity index (χ1) is 21.2. The molecule has 7 rings (SSSR count). The third-order valence-electron chi connectivity index (χ3n) is 9.22. The van der Waals surface area contributed by atoms with Crippen molar-refractivity contribution in [3.8, 4) is 11.5 Å². The molecule has 10 nitrogen and oxygen atoms in total. The van der Waals surface area contributed by atoms with Crippen molar-refractivity contribution in [2.75, 3.05) is 0 Å². The minimum Gasteiger partial charge on any atom is -0.450 e. The van der Waals surface area contributed by atoms with E-state index in [9.17, 15) is 0 Å². The van der Waals surface area contributed by atoms with E-state index >= 15 is 0 Å². The highest BCUT2D eigenvalue weighted by Crippen LogP contribution is 2.38. The average Bonchev–Trinajstić information content (AvgIpc) is 3.69. The molecule has 45 heavy (non-hydrogen) atoms. The zero-order valence-corrected chi connectivity index (χ0v) is 26.7. The predicted octanol–water partition coefficient (Wildman–Crippen LogP) is 5.72. The van der Waals surface area contributed by atoms with Crippen molar-refractivity contribution < 1.29 is 36.9 Å². The van der Waals surface area contributed by atoms with Gasteiger partial charge in [-0.3, -0.25) is 0 Å². The van der Waals surface area contributed by atoms with Crippen LogP contribution in [0.3, 0.4) is 0 Å². The van der Waals surface area contributed by atoms with E-state index in [1.54, 1.807) is 0 Å². The van der Waals surface area contributed by atoms with Crippen LogP contribution in [0, 0.1) is 0 Å². The maximum atomic E-state index is 6.41. The molecule has 2 saturated heterocycles. The minimum absolute atomic E-state index is 0.359. The van der Waals surface area contributed by atoms with Gasteiger partial charge in [-0.1, -0.05) is 30.3 Å². The molecular weight excluding hydrogens is 574 g/mol. The smallest absolute Gasteiger partial charge is 0.450 e. The fourth-order valence-corrected chi connectivity index (χ4v) is 5.10. The fraction of sp³-hybridized carbons (Fsp3) is 0.394. The Morgan fingerprint density at radius 1 is 0.556 bits per heavy atom. The fourth-order valence-electron chi connectivity index (χ4n) is 5.10. The molecule has 5 aromatic rings. The number of benzene rings is 3. The Morgan fingerprint density at radius 2 is 0.956 bits per heavy atom. The zero-order valence-electron chi connectivity index (χ0n) is 26.7. The summed E-state index contributed by atoms with van der Waals surface area (Å²) in [5.74, 6) is 1.82. The molecule has 0 spiro atoms. The third kappa shape index (κ3) is 5.39. The Balaban J connectivity index is 1.13. The van der Waals surface area contributed by atoms with Gasteiger partial charge in [0.15, 0.2) is 11.2 Å². The van der Waals surface area contributed by atoms with Crippen LogP contribution in [0.25, 0.3) is 22.2 Å². The first kappa shape index (κ1) is 29.9. The molecule has 0 aliphatic carbocycles. The van der Waals surface area contributed by atoms with Crippen LogP contribution in [-0.2, 0) is 18.6 Å². The maximum Gasteiger partial charge on any atom is 0.554 e. The second kappa shape index (κ2) is 10.3. The van der Waals surface area contributed by atoms with Crippen LogP contribution in [0.4, 0.5) is 0 Å². The minimum atomic E-state index is -0.773. The Bertz CT molecular complexity index is 1720. The summed E-state index contributed by atoms with van der Waals surface area (Å²) in [6, 6.07) is 20.6. The zero-order chi connectivity index (χ0) is 31.8. The van der Waals surface area contributed by atoms with Crippen LogP contribution < -0.4 is 21.1 Å². The van der Waals surface area contributed by atoms with Crippen LogP contribution in [0.5, 0.6) is 11.5 Å². The molecule has 2 fully saturated rings. The number of hydrogen-bond acceptors (Lipinski definition) is 10. The van der Waals surface area contributed by atoms with E-state index in [0.717, 1.165) is 5.56 Å². The third-order valence-corrected chi connectivity index (χ3v) is 9.22.